The molecule has 2 aliphatic heterocycles. The van der Waals surface area contributed by atoms with Crippen molar-refractivity contribution in [3.8, 4) is 0 Å². The molecule has 3 heterocycles. The Hall–Kier alpha value is -0.710. The number of rotatable bonds is 2. The highest BCUT2D eigenvalue weighted by Gasteiger charge is 2.41. The highest BCUT2D eigenvalue weighted by atomic mass is 32.1. The molecular formula is C16H22O3S. The summed E-state index contributed by atoms with van der Waals surface area (Å²) in [6.45, 7) is 6.39. The average molecular weight is 294 g/mol. The van der Waals surface area contributed by atoms with E-state index in [9.17, 15) is 4.79 Å². The van der Waals surface area contributed by atoms with Gasteiger partial charge in [0.15, 0.2) is 5.78 Å². The summed E-state index contributed by atoms with van der Waals surface area (Å²) in [6, 6.07) is 2.05. The highest BCUT2D eigenvalue weighted by Crippen LogP contribution is 2.39. The first-order valence-electron chi connectivity index (χ1n) is 7.43. The van der Waals surface area contributed by atoms with Crippen LogP contribution in [-0.2, 0) is 9.47 Å². The van der Waals surface area contributed by atoms with Crippen molar-refractivity contribution in [2.24, 2.45) is 5.92 Å². The van der Waals surface area contributed by atoms with E-state index in [4.69, 9.17) is 9.47 Å². The van der Waals surface area contributed by atoms with Crippen LogP contribution in [0.15, 0.2) is 6.07 Å². The Bertz CT molecular complexity index is 475. The summed E-state index contributed by atoms with van der Waals surface area (Å²) in [5.74, 6) is 0.444. The van der Waals surface area contributed by atoms with Gasteiger partial charge in [0.05, 0.1) is 10.5 Å². The van der Waals surface area contributed by atoms with Crippen molar-refractivity contribution in [2.45, 2.75) is 45.1 Å². The molecule has 3 rings (SSSR count). The first-order valence-corrected chi connectivity index (χ1v) is 8.24. The molecule has 1 atom stereocenters. The van der Waals surface area contributed by atoms with E-state index >= 15 is 0 Å². The molecule has 1 aromatic rings. The molecule has 1 spiro atoms. The molecule has 4 heteroatoms. The van der Waals surface area contributed by atoms with Crippen molar-refractivity contribution in [1.82, 2.24) is 0 Å². The molecule has 0 saturated carbocycles. The van der Waals surface area contributed by atoms with Gasteiger partial charge in [0.1, 0.15) is 0 Å². The van der Waals surface area contributed by atoms with E-state index in [-0.39, 0.29) is 11.5 Å². The molecule has 3 nitrogen and oxygen atoms in total. The Kier molecular flexibility index (Phi) is 3.98. The van der Waals surface area contributed by atoms with Crippen LogP contribution in [0.25, 0.3) is 0 Å². The molecule has 2 saturated heterocycles. The molecule has 0 N–H and O–H groups in total. The second kappa shape index (κ2) is 5.58. The lowest BCUT2D eigenvalue weighted by molar-refractivity contribution is -0.142. The van der Waals surface area contributed by atoms with E-state index in [1.807, 2.05) is 0 Å². The fourth-order valence-electron chi connectivity index (χ4n) is 3.24. The molecule has 1 aromatic heterocycles. The quantitative estimate of drug-likeness (QED) is 0.783. The van der Waals surface area contributed by atoms with Gasteiger partial charge in [-0.25, -0.2) is 0 Å². The summed E-state index contributed by atoms with van der Waals surface area (Å²) in [5.41, 5.74) is 1.13. The molecule has 0 aromatic carbocycles. The van der Waals surface area contributed by atoms with E-state index in [0.29, 0.717) is 12.4 Å². The van der Waals surface area contributed by atoms with Crippen LogP contribution in [0.1, 0.15) is 45.8 Å². The van der Waals surface area contributed by atoms with Gasteiger partial charge in [-0.3, -0.25) is 4.79 Å². The van der Waals surface area contributed by atoms with Gasteiger partial charge in [-0.1, -0.05) is 0 Å². The molecule has 0 amide bonds. The van der Waals surface area contributed by atoms with Crippen LogP contribution in [0.3, 0.4) is 0 Å². The van der Waals surface area contributed by atoms with Gasteiger partial charge in [-0.05, 0) is 51.2 Å². The number of hydrogen-bond donors (Lipinski definition) is 0. The van der Waals surface area contributed by atoms with Crippen molar-refractivity contribution in [3.63, 3.8) is 0 Å². The monoisotopic (exact) mass is 294 g/mol. The molecule has 1 unspecified atom stereocenters. The predicted molar refractivity (Wildman–Crippen MR) is 79.6 cm³/mol. The van der Waals surface area contributed by atoms with Crippen molar-refractivity contribution in [2.75, 3.05) is 19.8 Å². The van der Waals surface area contributed by atoms with Gasteiger partial charge < -0.3 is 9.47 Å². The van der Waals surface area contributed by atoms with Gasteiger partial charge >= 0.3 is 0 Å². The largest absolute Gasteiger partial charge is 0.381 e. The summed E-state index contributed by atoms with van der Waals surface area (Å²) >= 11 is 1.64. The van der Waals surface area contributed by atoms with E-state index in [0.717, 1.165) is 43.8 Å². The third kappa shape index (κ3) is 2.69. The van der Waals surface area contributed by atoms with E-state index < -0.39 is 0 Å². The normalized spacial score (nSPS) is 25.8. The standard InChI is InChI=1S/C16H22O3S/c1-11-9-14(20-12(11)2)15(17)13-3-6-19-16(10-13)4-7-18-8-5-16/h9,13H,3-8,10H2,1-2H3. The van der Waals surface area contributed by atoms with Crippen LogP contribution in [0.5, 0.6) is 0 Å². The Morgan fingerprint density at radius 3 is 2.70 bits per heavy atom. The van der Waals surface area contributed by atoms with Crippen molar-refractivity contribution < 1.29 is 14.3 Å². The van der Waals surface area contributed by atoms with Crippen LogP contribution < -0.4 is 0 Å². The lowest BCUT2D eigenvalue weighted by atomic mass is 9.79. The molecule has 0 aliphatic carbocycles. The molecule has 110 valence electrons. The number of thiophene rings is 1. The molecule has 2 aliphatic rings. The summed E-state index contributed by atoms with van der Waals surface area (Å²) < 4.78 is 11.5. The van der Waals surface area contributed by atoms with Gasteiger partial charge in [0, 0.05) is 30.6 Å². The van der Waals surface area contributed by atoms with Crippen LogP contribution in [0.2, 0.25) is 0 Å². The number of Topliss-reactive ketones (excluding diaryl/α,β-unsaturated/α-hetero) is 1. The van der Waals surface area contributed by atoms with Gasteiger partial charge in [-0.2, -0.15) is 0 Å². The third-order valence-electron chi connectivity index (χ3n) is 4.68. The molecule has 0 bridgehead atoms. The van der Waals surface area contributed by atoms with E-state index in [2.05, 4.69) is 19.9 Å². The fraction of sp³-hybridized carbons (Fsp3) is 0.688. The van der Waals surface area contributed by atoms with Crippen molar-refractivity contribution in [1.29, 1.82) is 0 Å². The lowest BCUT2D eigenvalue weighted by Gasteiger charge is -2.42. The fourth-order valence-corrected chi connectivity index (χ4v) is 4.29. The maximum atomic E-state index is 12.7. The number of carbonyl (C=O) groups is 1. The number of aryl methyl sites for hydroxylation is 2. The second-order valence-corrected chi connectivity index (χ2v) is 7.30. The van der Waals surface area contributed by atoms with Gasteiger partial charge in [-0.15, -0.1) is 11.3 Å². The summed E-state index contributed by atoms with van der Waals surface area (Å²) in [7, 11) is 0. The number of ketones is 1. The van der Waals surface area contributed by atoms with Gasteiger partial charge in [0.2, 0.25) is 0 Å². The summed E-state index contributed by atoms with van der Waals surface area (Å²) in [4.78, 5) is 14.9. The zero-order valence-electron chi connectivity index (χ0n) is 12.2. The van der Waals surface area contributed by atoms with Crippen LogP contribution in [-0.4, -0.2) is 31.2 Å². The summed E-state index contributed by atoms with van der Waals surface area (Å²) in [5, 5.41) is 0. The molecular weight excluding hydrogens is 272 g/mol. The Morgan fingerprint density at radius 2 is 2.05 bits per heavy atom. The second-order valence-electron chi connectivity index (χ2n) is 6.05. The zero-order chi connectivity index (χ0) is 14.2. The Balaban J connectivity index is 1.74. The smallest absolute Gasteiger partial charge is 0.176 e. The third-order valence-corrected chi connectivity index (χ3v) is 5.84. The predicted octanol–water partition coefficient (Wildman–Crippen LogP) is 3.52. The Morgan fingerprint density at radius 1 is 1.30 bits per heavy atom. The van der Waals surface area contributed by atoms with E-state index in [1.54, 1.807) is 11.3 Å². The first kappa shape index (κ1) is 14.2. The van der Waals surface area contributed by atoms with Gasteiger partial charge in [0.25, 0.3) is 0 Å². The molecule has 2 fully saturated rings. The zero-order valence-corrected chi connectivity index (χ0v) is 13.1. The minimum Gasteiger partial charge on any atom is -0.381 e. The number of ether oxygens (including phenoxy) is 2. The van der Waals surface area contributed by atoms with E-state index in [1.165, 1.54) is 10.4 Å². The molecule has 0 radical (unpaired) electrons. The SMILES string of the molecule is Cc1cc(C(=O)C2CCOC3(CCOCC3)C2)sc1C. The lowest BCUT2D eigenvalue weighted by Crippen LogP contribution is -2.45. The minimum atomic E-state index is -0.0990. The maximum absolute atomic E-state index is 12.7. The highest BCUT2D eigenvalue weighted by molar-refractivity contribution is 7.14. The van der Waals surface area contributed by atoms with Crippen molar-refractivity contribution >= 4 is 17.1 Å². The number of carbonyl (C=O) groups excluding carboxylic acids is 1. The first-order chi connectivity index (χ1) is 9.60. The van der Waals surface area contributed by atoms with Crippen molar-refractivity contribution in [3.05, 3.63) is 21.4 Å². The Labute approximate surface area is 124 Å². The maximum Gasteiger partial charge on any atom is 0.176 e. The summed E-state index contributed by atoms with van der Waals surface area (Å²) in [6.07, 6.45) is 3.58. The molecule has 20 heavy (non-hydrogen) atoms. The minimum absolute atomic E-state index is 0.0990. The van der Waals surface area contributed by atoms with Crippen LogP contribution in [0.4, 0.5) is 0 Å². The van der Waals surface area contributed by atoms with Crippen LogP contribution in [0, 0.1) is 19.8 Å². The average Bonchev–Trinajstić information content (AvgIpc) is 2.79. The van der Waals surface area contributed by atoms with Crippen LogP contribution >= 0.6 is 11.3 Å². The topological polar surface area (TPSA) is 35.5 Å². The number of hydrogen-bond acceptors (Lipinski definition) is 4.